The second kappa shape index (κ2) is 6.94. The largest absolute Gasteiger partial charge is 0.507 e. The van der Waals surface area contributed by atoms with Crippen molar-refractivity contribution in [2.75, 3.05) is 7.11 Å². The van der Waals surface area contributed by atoms with E-state index in [4.69, 9.17) is 4.74 Å². The number of allylic oxidation sites excluding steroid dienone is 1. The van der Waals surface area contributed by atoms with Gasteiger partial charge in [0.1, 0.15) is 11.5 Å². The zero-order valence-electron chi connectivity index (χ0n) is 13.0. The van der Waals surface area contributed by atoms with Crippen molar-refractivity contribution in [2.45, 2.75) is 19.8 Å². The molecule has 0 saturated carbocycles. The number of para-hydroxylation sites is 1. The molecule has 0 spiro atoms. The minimum absolute atomic E-state index is 0.00486. The summed E-state index contributed by atoms with van der Waals surface area (Å²) in [7, 11) is 1.65. The van der Waals surface area contributed by atoms with Crippen LogP contribution in [0.5, 0.6) is 11.5 Å². The van der Waals surface area contributed by atoms with Gasteiger partial charge in [0.05, 0.1) is 12.7 Å². The van der Waals surface area contributed by atoms with E-state index in [1.807, 2.05) is 18.2 Å². The first kappa shape index (κ1) is 15.8. The van der Waals surface area contributed by atoms with Crippen LogP contribution in [-0.4, -0.2) is 18.0 Å². The lowest BCUT2D eigenvalue weighted by atomic mass is 9.99. The quantitative estimate of drug-likeness (QED) is 0.656. The SMILES string of the molecule is COc1ccc(/C=C/C(=O)c2ccccc2O)cc1C(C)C. The molecule has 22 heavy (non-hydrogen) atoms. The average Bonchev–Trinajstić information content (AvgIpc) is 2.52. The van der Waals surface area contributed by atoms with E-state index in [9.17, 15) is 9.90 Å². The van der Waals surface area contributed by atoms with Gasteiger partial charge in [-0.3, -0.25) is 4.79 Å². The minimum atomic E-state index is -0.222. The summed E-state index contributed by atoms with van der Waals surface area (Å²) in [5.74, 6) is 0.950. The van der Waals surface area contributed by atoms with Crippen LogP contribution in [-0.2, 0) is 0 Å². The highest BCUT2D eigenvalue weighted by Gasteiger charge is 2.09. The van der Waals surface area contributed by atoms with Crippen molar-refractivity contribution >= 4 is 11.9 Å². The summed E-state index contributed by atoms with van der Waals surface area (Å²) < 4.78 is 5.35. The maximum atomic E-state index is 12.1. The van der Waals surface area contributed by atoms with Crippen LogP contribution in [0.2, 0.25) is 0 Å². The molecular formula is C19H20O3. The van der Waals surface area contributed by atoms with Gasteiger partial charge in [-0.15, -0.1) is 0 Å². The second-order valence-corrected chi connectivity index (χ2v) is 5.37. The number of aromatic hydroxyl groups is 1. The van der Waals surface area contributed by atoms with Crippen molar-refractivity contribution in [1.82, 2.24) is 0 Å². The number of hydrogen-bond donors (Lipinski definition) is 1. The normalized spacial score (nSPS) is 11.1. The summed E-state index contributed by atoms with van der Waals surface area (Å²) in [5, 5.41) is 9.69. The van der Waals surface area contributed by atoms with Gasteiger partial charge in [-0.2, -0.15) is 0 Å². The Labute approximate surface area is 130 Å². The van der Waals surface area contributed by atoms with E-state index in [1.54, 1.807) is 31.4 Å². The van der Waals surface area contributed by atoms with E-state index in [-0.39, 0.29) is 11.5 Å². The zero-order chi connectivity index (χ0) is 16.1. The number of carbonyl (C=O) groups excluding carboxylic acids is 1. The Bertz CT molecular complexity index is 700. The van der Waals surface area contributed by atoms with Crippen molar-refractivity contribution < 1.29 is 14.6 Å². The smallest absolute Gasteiger partial charge is 0.189 e. The fourth-order valence-electron chi connectivity index (χ4n) is 2.25. The molecule has 3 nitrogen and oxygen atoms in total. The summed E-state index contributed by atoms with van der Waals surface area (Å²) in [5.41, 5.74) is 2.32. The topological polar surface area (TPSA) is 46.5 Å². The Morgan fingerprint density at radius 2 is 1.91 bits per heavy atom. The van der Waals surface area contributed by atoms with E-state index >= 15 is 0 Å². The molecule has 2 rings (SSSR count). The molecule has 0 aliphatic carbocycles. The van der Waals surface area contributed by atoms with E-state index in [1.165, 1.54) is 12.1 Å². The molecule has 0 saturated heterocycles. The van der Waals surface area contributed by atoms with Gasteiger partial charge < -0.3 is 9.84 Å². The van der Waals surface area contributed by atoms with Crippen LogP contribution in [0.4, 0.5) is 0 Å². The van der Waals surface area contributed by atoms with E-state index in [2.05, 4.69) is 13.8 Å². The van der Waals surface area contributed by atoms with Gasteiger partial charge in [0, 0.05) is 0 Å². The number of ketones is 1. The van der Waals surface area contributed by atoms with Gasteiger partial charge >= 0.3 is 0 Å². The standard InChI is InChI=1S/C19H20O3/c1-13(2)16-12-14(9-11-19(16)22-3)8-10-18(21)15-6-4-5-7-17(15)20/h4-13,20H,1-3H3/b10-8+. The molecule has 0 aromatic heterocycles. The minimum Gasteiger partial charge on any atom is -0.507 e. The lowest BCUT2D eigenvalue weighted by molar-refractivity contribution is 0.104. The van der Waals surface area contributed by atoms with Crippen LogP contribution >= 0.6 is 0 Å². The van der Waals surface area contributed by atoms with Gasteiger partial charge in [-0.05, 0) is 47.4 Å². The van der Waals surface area contributed by atoms with Gasteiger partial charge in [0.25, 0.3) is 0 Å². The van der Waals surface area contributed by atoms with E-state index in [0.717, 1.165) is 16.9 Å². The van der Waals surface area contributed by atoms with Crippen molar-refractivity contribution in [2.24, 2.45) is 0 Å². The molecular weight excluding hydrogens is 276 g/mol. The van der Waals surface area contributed by atoms with Gasteiger partial charge in [0.2, 0.25) is 0 Å². The van der Waals surface area contributed by atoms with Crippen LogP contribution in [0.25, 0.3) is 6.08 Å². The molecule has 2 aromatic rings. The predicted molar refractivity (Wildman–Crippen MR) is 88.6 cm³/mol. The number of benzene rings is 2. The molecule has 0 amide bonds. The number of rotatable bonds is 5. The Kier molecular flexibility index (Phi) is 4.99. The van der Waals surface area contributed by atoms with Crippen molar-refractivity contribution in [1.29, 1.82) is 0 Å². The number of methoxy groups -OCH3 is 1. The van der Waals surface area contributed by atoms with Gasteiger partial charge in [0.15, 0.2) is 5.78 Å². The number of phenols is 1. The number of phenolic OH excluding ortho intramolecular Hbond substituents is 1. The molecule has 0 aliphatic heterocycles. The van der Waals surface area contributed by atoms with E-state index < -0.39 is 0 Å². The molecule has 3 heteroatoms. The summed E-state index contributed by atoms with van der Waals surface area (Å²) >= 11 is 0. The highest BCUT2D eigenvalue weighted by molar-refractivity contribution is 6.08. The Hall–Kier alpha value is -2.55. The molecule has 1 N–H and O–H groups in total. The summed E-state index contributed by atoms with van der Waals surface area (Å²) in [6, 6.07) is 12.3. The number of ether oxygens (including phenoxy) is 1. The Morgan fingerprint density at radius 1 is 1.18 bits per heavy atom. The molecule has 114 valence electrons. The monoisotopic (exact) mass is 296 g/mol. The fourth-order valence-corrected chi connectivity index (χ4v) is 2.25. The summed E-state index contributed by atoms with van der Waals surface area (Å²) in [6.07, 6.45) is 3.22. The molecule has 0 fully saturated rings. The highest BCUT2D eigenvalue weighted by Crippen LogP contribution is 2.27. The third kappa shape index (κ3) is 3.55. The van der Waals surface area contributed by atoms with Crippen molar-refractivity contribution in [3.63, 3.8) is 0 Å². The lowest BCUT2D eigenvalue weighted by Gasteiger charge is -2.12. The molecule has 0 bridgehead atoms. The van der Waals surface area contributed by atoms with Gasteiger partial charge in [-0.1, -0.05) is 38.1 Å². The zero-order valence-corrected chi connectivity index (χ0v) is 13.0. The first-order valence-corrected chi connectivity index (χ1v) is 7.21. The highest BCUT2D eigenvalue weighted by atomic mass is 16.5. The average molecular weight is 296 g/mol. The third-order valence-electron chi connectivity index (χ3n) is 3.47. The predicted octanol–water partition coefficient (Wildman–Crippen LogP) is 4.42. The van der Waals surface area contributed by atoms with Crippen LogP contribution in [0.15, 0.2) is 48.5 Å². The first-order chi connectivity index (χ1) is 10.5. The maximum absolute atomic E-state index is 12.1. The Balaban J connectivity index is 2.25. The summed E-state index contributed by atoms with van der Waals surface area (Å²) in [6.45, 7) is 4.19. The molecule has 0 radical (unpaired) electrons. The van der Waals surface area contributed by atoms with Crippen LogP contribution in [0.1, 0.15) is 41.3 Å². The third-order valence-corrected chi connectivity index (χ3v) is 3.47. The molecule has 0 atom stereocenters. The second-order valence-electron chi connectivity index (χ2n) is 5.37. The number of carbonyl (C=O) groups is 1. The first-order valence-electron chi connectivity index (χ1n) is 7.21. The van der Waals surface area contributed by atoms with Gasteiger partial charge in [-0.25, -0.2) is 0 Å². The van der Waals surface area contributed by atoms with Crippen LogP contribution < -0.4 is 4.74 Å². The fraction of sp³-hybridized carbons (Fsp3) is 0.211. The Morgan fingerprint density at radius 3 is 2.55 bits per heavy atom. The van der Waals surface area contributed by atoms with Crippen LogP contribution in [0.3, 0.4) is 0 Å². The molecule has 2 aromatic carbocycles. The summed E-state index contributed by atoms with van der Waals surface area (Å²) in [4.78, 5) is 12.1. The lowest BCUT2D eigenvalue weighted by Crippen LogP contribution is -1.96. The maximum Gasteiger partial charge on any atom is 0.189 e. The van der Waals surface area contributed by atoms with Crippen molar-refractivity contribution in [3.8, 4) is 11.5 Å². The molecule has 0 heterocycles. The van der Waals surface area contributed by atoms with Crippen molar-refractivity contribution in [3.05, 3.63) is 65.2 Å². The van der Waals surface area contributed by atoms with E-state index in [0.29, 0.717) is 11.5 Å². The molecule has 0 aliphatic rings. The number of hydrogen-bond acceptors (Lipinski definition) is 3. The van der Waals surface area contributed by atoms with Crippen LogP contribution in [0, 0.1) is 0 Å². The molecule has 0 unspecified atom stereocenters.